The zero-order valence-corrected chi connectivity index (χ0v) is 9.71. The molecule has 0 heterocycles. The molecule has 3 heteroatoms. The molecular formula is C12H23NO2. The maximum absolute atomic E-state index is 5.38. The van der Waals surface area contributed by atoms with E-state index in [1.165, 1.54) is 19.3 Å². The van der Waals surface area contributed by atoms with Gasteiger partial charge in [-0.3, -0.25) is 0 Å². The maximum atomic E-state index is 5.38. The second kappa shape index (κ2) is 8.89. The summed E-state index contributed by atoms with van der Waals surface area (Å²) in [5, 5.41) is 3.51. The van der Waals surface area contributed by atoms with Gasteiger partial charge in [0.15, 0.2) is 0 Å². The topological polar surface area (TPSA) is 30.5 Å². The molecule has 1 rings (SSSR count). The molecule has 0 aliphatic heterocycles. The van der Waals surface area contributed by atoms with Gasteiger partial charge in [-0.15, -0.1) is 0 Å². The van der Waals surface area contributed by atoms with Crippen LogP contribution in [0.1, 0.15) is 25.7 Å². The number of rotatable bonds is 8. The van der Waals surface area contributed by atoms with Crippen molar-refractivity contribution in [3.8, 4) is 0 Å². The molecule has 0 aromatic heterocycles. The molecule has 0 radical (unpaired) electrons. The maximum Gasteiger partial charge on any atom is 0.0700 e. The molecule has 1 atom stereocenters. The van der Waals surface area contributed by atoms with Crippen molar-refractivity contribution in [1.82, 2.24) is 5.32 Å². The van der Waals surface area contributed by atoms with E-state index < -0.39 is 0 Å². The van der Waals surface area contributed by atoms with Crippen molar-refractivity contribution in [1.29, 1.82) is 0 Å². The Morgan fingerprint density at radius 1 is 1.33 bits per heavy atom. The summed E-state index contributed by atoms with van der Waals surface area (Å²) in [6.07, 6.45) is 9.48. The van der Waals surface area contributed by atoms with Gasteiger partial charge in [-0.25, -0.2) is 0 Å². The lowest BCUT2D eigenvalue weighted by Gasteiger charge is -2.17. The molecule has 0 aromatic carbocycles. The van der Waals surface area contributed by atoms with Crippen LogP contribution in [0.3, 0.4) is 0 Å². The fraction of sp³-hybridized carbons (Fsp3) is 0.833. The van der Waals surface area contributed by atoms with Crippen LogP contribution in [0.4, 0.5) is 0 Å². The van der Waals surface area contributed by atoms with Gasteiger partial charge in [-0.05, 0) is 32.2 Å². The average Bonchev–Trinajstić information content (AvgIpc) is 2.29. The average molecular weight is 213 g/mol. The van der Waals surface area contributed by atoms with Crippen LogP contribution in [0, 0.1) is 0 Å². The molecule has 0 saturated heterocycles. The fourth-order valence-electron chi connectivity index (χ4n) is 1.69. The summed E-state index contributed by atoms with van der Waals surface area (Å²) in [5.41, 5.74) is 0. The van der Waals surface area contributed by atoms with Gasteiger partial charge in [0.05, 0.1) is 13.2 Å². The molecule has 1 N–H and O–H groups in total. The molecule has 15 heavy (non-hydrogen) atoms. The van der Waals surface area contributed by atoms with E-state index in [0.29, 0.717) is 19.3 Å². The van der Waals surface area contributed by atoms with Gasteiger partial charge in [0.25, 0.3) is 0 Å². The monoisotopic (exact) mass is 213 g/mol. The molecule has 3 nitrogen and oxygen atoms in total. The third-order valence-electron chi connectivity index (χ3n) is 2.56. The highest BCUT2D eigenvalue weighted by molar-refractivity contribution is 4.97. The van der Waals surface area contributed by atoms with Gasteiger partial charge in [0.2, 0.25) is 0 Å². The predicted octanol–water partition coefficient (Wildman–Crippen LogP) is 1.74. The van der Waals surface area contributed by atoms with Crippen molar-refractivity contribution in [3.05, 3.63) is 12.2 Å². The van der Waals surface area contributed by atoms with Crippen molar-refractivity contribution in [2.45, 2.75) is 31.7 Å². The van der Waals surface area contributed by atoms with E-state index in [2.05, 4.69) is 17.5 Å². The Kier molecular flexibility index (Phi) is 7.52. The Bertz CT molecular complexity index is 171. The molecule has 0 bridgehead atoms. The molecule has 0 aromatic rings. The highest BCUT2D eigenvalue weighted by Gasteiger charge is 2.05. The number of nitrogens with one attached hydrogen (secondary N) is 1. The van der Waals surface area contributed by atoms with Crippen LogP contribution in [0.25, 0.3) is 0 Å². The summed E-state index contributed by atoms with van der Waals surface area (Å²) in [6, 6.07) is 0.595. The van der Waals surface area contributed by atoms with Gasteiger partial charge in [0, 0.05) is 19.8 Å². The van der Waals surface area contributed by atoms with Crippen LogP contribution in [-0.2, 0) is 9.47 Å². The van der Waals surface area contributed by atoms with E-state index in [0.717, 1.165) is 19.6 Å². The molecule has 1 aliphatic rings. The zero-order valence-electron chi connectivity index (χ0n) is 9.71. The Balaban J connectivity index is 1.84. The number of methoxy groups -OCH3 is 1. The summed E-state index contributed by atoms with van der Waals surface area (Å²) < 4.78 is 10.3. The number of hydrogen-bond acceptors (Lipinski definition) is 3. The SMILES string of the molecule is COCCOCCCNC1C=CCCC1. The van der Waals surface area contributed by atoms with Crippen molar-refractivity contribution in [2.24, 2.45) is 0 Å². The lowest BCUT2D eigenvalue weighted by atomic mass is 10.0. The van der Waals surface area contributed by atoms with Crippen molar-refractivity contribution >= 4 is 0 Å². The van der Waals surface area contributed by atoms with Gasteiger partial charge < -0.3 is 14.8 Å². The van der Waals surface area contributed by atoms with E-state index in [1.807, 2.05) is 0 Å². The van der Waals surface area contributed by atoms with E-state index in [-0.39, 0.29) is 0 Å². The third kappa shape index (κ3) is 6.66. The van der Waals surface area contributed by atoms with E-state index >= 15 is 0 Å². The van der Waals surface area contributed by atoms with Gasteiger partial charge in [0.1, 0.15) is 0 Å². The quantitative estimate of drug-likeness (QED) is 0.492. The lowest BCUT2D eigenvalue weighted by Crippen LogP contribution is -2.29. The minimum absolute atomic E-state index is 0.595. The fourth-order valence-corrected chi connectivity index (χ4v) is 1.69. The van der Waals surface area contributed by atoms with Crippen molar-refractivity contribution in [2.75, 3.05) is 33.5 Å². The highest BCUT2D eigenvalue weighted by atomic mass is 16.5. The predicted molar refractivity (Wildman–Crippen MR) is 62.1 cm³/mol. The smallest absolute Gasteiger partial charge is 0.0700 e. The van der Waals surface area contributed by atoms with Crippen LogP contribution in [0.2, 0.25) is 0 Å². The second-order valence-electron chi connectivity index (χ2n) is 3.88. The van der Waals surface area contributed by atoms with Crippen LogP contribution >= 0.6 is 0 Å². The van der Waals surface area contributed by atoms with Crippen LogP contribution in [0.5, 0.6) is 0 Å². The zero-order chi connectivity index (χ0) is 10.8. The Morgan fingerprint density at radius 2 is 2.27 bits per heavy atom. The van der Waals surface area contributed by atoms with E-state index in [1.54, 1.807) is 7.11 Å². The Hall–Kier alpha value is -0.380. The summed E-state index contributed by atoms with van der Waals surface area (Å²) >= 11 is 0. The van der Waals surface area contributed by atoms with Gasteiger partial charge in [-0.1, -0.05) is 12.2 Å². The first-order chi connectivity index (χ1) is 7.43. The van der Waals surface area contributed by atoms with Crippen LogP contribution < -0.4 is 5.32 Å². The van der Waals surface area contributed by atoms with E-state index in [4.69, 9.17) is 9.47 Å². The second-order valence-corrected chi connectivity index (χ2v) is 3.88. The molecule has 0 fully saturated rings. The van der Waals surface area contributed by atoms with Gasteiger partial charge >= 0.3 is 0 Å². The molecule has 0 spiro atoms. The first-order valence-corrected chi connectivity index (χ1v) is 5.90. The van der Waals surface area contributed by atoms with Crippen molar-refractivity contribution in [3.63, 3.8) is 0 Å². The summed E-state index contributed by atoms with van der Waals surface area (Å²) in [7, 11) is 1.69. The van der Waals surface area contributed by atoms with Crippen molar-refractivity contribution < 1.29 is 9.47 Å². The van der Waals surface area contributed by atoms with Crippen LogP contribution in [0.15, 0.2) is 12.2 Å². The minimum atomic E-state index is 0.595. The number of allylic oxidation sites excluding steroid dienone is 1. The van der Waals surface area contributed by atoms with E-state index in [9.17, 15) is 0 Å². The number of ether oxygens (including phenoxy) is 2. The lowest BCUT2D eigenvalue weighted by molar-refractivity contribution is 0.0693. The normalized spacial score (nSPS) is 20.7. The number of hydrogen-bond donors (Lipinski definition) is 1. The minimum Gasteiger partial charge on any atom is -0.382 e. The Morgan fingerprint density at radius 3 is 3.00 bits per heavy atom. The molecular weight excluding hydrogens is 190 g/mol. The van der Waals surface area contributed by atoms with Crippen LogP contribution in [-0.4, -0.2) is 39.5 Å². The summed E-state index contributed by atoms with van der Waals surface area (Å²) in [5.74, 6) is 0. The molecule has 88 valence electrons. The highest BCUT2D eigenvalue weighted by Crippen LogP contribution is 2.09. The standard InChI is InChI=1S/C12H23NO2/c1-14-10-11-15-9-5-8-13-12-6-3-2-4-7-12/h3,6,12-13H,2,4-5,7-11H2,1H3. The largest absolute Gasteiger partial charge is 0.382 e. The Labute approximate surface area is 92.8 Å². The molecule has 0 saturated carbocycles. The summed E-state index contributed by atoms with van der Waals surface area (Å²) in [6.45, 7) is 3.27. The first-order valence-electron chi connectivity index (χ1n) is 5.90. The van der Waals surface area contributed by atoms with Gasteiger partial charge in [-0.2, -0.15) is 0 Å². The molecule has 0 amide bonds. The first kappa shape index (κ1) is 12.7. The molecule has 1 unspecified atom stereocenters. The molecule has 1 aliphatic carbocycles. The summed E-state index contributed by atoms with van der Waals surface area (Å²) in [4.78, 5) is 0. The third-order valence-corrected chi connectivity index (χ3v) is 2.56.